The minimum atomic E-state index is -0.479. The highest BCUT2D eigenvalue weighted by Crippen LogP contribution is 2.21. The fraction of sp³-hybridized carbons (Fsp3) is 0.273. The molecule has 98 valence electrons. The number of amides is 1. The zero-order chi connectivity index (χ0) is 13.7. The molecule has 18 heavy (non-hydrogen) atoms. The molecule has 0 fully saturated rings. The Morgan fingerprint density at radius 1 is 1.61 bits per heavy atom. The molecule has 5 N–H and O–H groups in total. The number of nitrogens with zero attached hydrogens (tertiary/aromatic N) is 1. The van der Waals surface area contributed by atoms with Gasteiger partial charge in [0.05, 0.1) is 5.56 Å². The van der Waals surface area contributed by atoms with Crippen molar-refractivity contribution in [2.24, 2.45) is 16.8 Å². The minimum Gasteiger partial charge on any atom is -0.507 e. The lowest BCUT2D eigenvalue weighted by atomic mass is 10.1. The summed E-state index contributed by atoms with van der Waals surface area (Å²) in [5, 5.41) is 23.7. The Kier molecular flexibility index (Phi) is 4.79. The molecule has 0 spiro atoms. The molecule has 0 heterocycles. The Hall–Kier alpha value is -1.95. The Labute approximate surface area is 109 Å². The Bertz CT molecular complexity index is 477. The number of rotatable bonds is 4. The predicted octanol–water partition coefficient (Wildman–Crippen LogP) is 1.16. The molecule has 1 rings (SSSR count). The molecular weight excluding hydrogens is 258 g/mol. The van der Waals surface area contributed by atoms with Crippen LogP contribution >= 0.6 is 11.6 Å². The van der Waals surface area contributed by atoms with E-state index >= 15 is 0 Å². The van der Waals surface area contributed by atoms with Crippen molar-refractivity contribution in [3.8, 4) is 5.75 Å². The largest absolute Gasteiger partial charge is 0.507 e. The average molecular weight is 272 g/mol. The van der Waals surface area contributed by atoms with E-state index in [1.54, 1.807) is 6.92 Å². The van der Waals surface area contributed by atoms with E-state index in [4.69, 9.17) is 22.5 Å². The van der Waals surface area contributed by atoms with E-state index in [-0.39, 0.29) is 29.6 Å². The maximum absolute atomic E-state index is 11.8. The monoisotopic (exact) mass is 271 g/mol. The molecule has 0 aliphatic heterocycles. The molecule has 6 nitrogen and oxygen atoms in total. The first-order valence-corrected chi connectivity index (χ1v) is 5.57. The summed E-state index contributed by atoms with van der Waals surface area (Å²) in [6.45, 7) is 1.87. The number of hydrogen-bond acceptors (Lipinski definition) is 4. The van der Waals surface area contributed by atoms with Crippen LogP contribution in [0.15, 0.2) is 23.4 Å². The lowest BCUT2D eigenvalue weighted by Crippen LogP contribution is -2.34. The maximum atomic E-state index is 11.8. The van der Waals surface area contributed by atoms with Gasteiger partial charge in [0.25, 0.3) is 5.91 Å². The third kappa shape index (κ3) is 3.53. The summed E-state index contributed by atoms with van der Waals surface area (Å²) >= 11 is 5.73. The zero-order valence-electron chi connectivity index (χ0n) is 9.72. The lowest BCUT2D eigenvalue weighted by Gasteiger charge is -2.11. The molecule has 1 atom stereocenters. The summed E-state index contributed by atoms with van der Waals surface area (Å²) in [6.07, 6.45) is 0. The van der Waals surface area contributed by atoms with Crippen molar-refractivity contribution >= 4 is 23.3 Å². The van der Waals surface area contributed by atoms with Crippen molar-refractivity contribution < 1.29 is 15.1 Å². The molecule has 0 saturated carbocycles. The first-order chi connectivity index (χ1) is 8.45. The van der Waals surface area contributed by atoms with Gasteiger partial charge >= 0.3 is 0 Å². The normalized spacial score (nSPS) is 13.1. The van der Waals surface area contributed by atoms with Crippen molar-refractivity contribution in [1.29, 1.82) is 0 Å². The van der Waals surface area contributed by atoms with E-state index < -0.39 is 5.91 Å². The fourth-order valence-electron chi connectivity index (χ4n) is 1.23. The van der Waals surface area contributed by atoms with Crippen LogP contribution in [0.25, 0.3) is 0 Å². The van der Waals surface area contributed by atoms with Crippen LogP contribution in [0.5, 0.6) is 5.75 Å². The highest BCUT2D eigenvalue weighted by Gasteiger charge is 2.14. The number of benzene rings is 1. The van der Waals surface area contributed by atoms with Gasteiger partial charge in [-0.1, -0.05) is 23.7 Å². The second-order valence-corrected chi connectivity index (χ2v) is 4.23. The van der Waals surface area contributed by atoms with E-state index in [1.807, 2.05) is 0 Å². The number of nitrogens with two attached hydrogens (primary N) is 1. The molecule has 1 aromatic carbocycles. The van der Waals surface area contributed by atoms with Gasteiger partial charge in [-0.3, -0.25) is 4.79 Å². The quantitative estimate of drug-likeness (QED) is 0.285. The van der Waals surface area contributed by atoms with Gasteiger partial charge in [-0.15, -0.1) is 0 Å². The summed E-state index contributed by atoms with van der Waals surface area (Å²) in [7, 11) is 0. The number of aromatic hydroxyl groups is 1. The van der Waals surface area contributed by atoms with E-state index in [0.717, 1.165) is 0 Å². The number of hydrogen-bond donors (Lipinski definition) is 4. The second-order valence-electron chi connectivity index (χ2n) is 3.80. The number of halogens is 1. The van der Waals surface area contributed by atoms with E-state index in [2.05, 4.69) is 10.5 Å². The van der Waals surface area contributed by atoms with Crippen molar-refractivity contribution in [2.45, 2.75) is 6.92 Å². The first-order valence-electron chi connectivity index (χ1n) is 5.19. The molecule has 0 radical (unpaired) electrons. The third-order valence-corrected chi connectivity index (χ3v) is 2.63. The standard InChI is InChI=1S/C11H14ClN3O3/c1-6(10(13)15-18)5-14-11(17)8-4-7(12)2-3-9(8)16/h2-4,6,16,18H,5H2,1H3,(H2,13,15)(H,14,17). The number of nitrogens with one attached hydrogen (secondary N) is 1. The Morgan fingerprint density at radius 3 is 2.89 bits per heavy atom. The third-order valence-electron chi connectivity index (χ3n) is 2.39. The van der Waals surface area contributed by atoms with E-state index in [9.17, 15) is 9.90 Å². The molecule has 0 aromatic heterocycles. The molecule has 0 saturated heterocycles. The zero-order valence-corrected chi connectivity index (χ0v) is 10.5. The van der Waals surface area contributed by atoms with Crippen LogP contribution in [0, 0.1) is 5.92 Å². The van der Waals surface area contributed by atoms with Crippen molar-refractivity contribution in [3.05, 3.63) is 28.8 Å². The molecule has 0 bridgehead atoms. The van der Waals surface area contributed by atoms with Gasteiger partial charge in [-0.25, -0.2) is 0 Å². The SMILES string of the molecule is CC(CNC(=O)c1cc(Cl)ccc1O)C(N)=NO. The topological polar surface area (TPSA) is 108 Å². The summed E-state index contributed by atoms with van der Waals surface area (Å²) in [4.78, 5) is 11.8. The highest BCUT2D eigenvalue weighted by molar-refractivity contribution is 6.31. The van der Waals surface area contributed by atoms with Crippen molar-refractivity contribution in [2.75, 3.05) is 6.54 Å². The number of oxime groups is 1. The van der Waals surface area contributed by atoms with Gasteiger partial charge in [0.1, 0.15) is 11.6 Å². The Balaban J connectivity index is 2.69. The first kappa shape index (κ1) is 14.1. The number of phenolic OH excluding ortho intramolecular Hbond substituents is 1. The van der Waals surface area contributed by atoms with Gasteiger partial charge in [0.2, 0.25) is 0 Å². The van der Waals surface area contributed by atoms with Gasteiger partial charge in [0, 0.05) is 17.5 Å². The number of amidine groups is 1. The van der Waals surface area contributed by atoms with Crippen LogP contribution in [0.3, 0.4) is 0 Å². The molecule has 0 aliphatic rings. The number of phenols is 1. The fourth-order valence-corrected chi connectivity index (χ4v) is 1.41. The molecule has 0 aliphatic carbocycles. The molecule has 7 heteroatoms. The smallest absolute Gasteiger partial charge is 0.255 e. The lowest BCUT2D eigenvalue weighted by molar-refractivity contribution is 0.0948. The highest BCUT2D eigenvalue weighted by atomic mass is 35.5. The maximum Gasteiger partial charge on any atom is 0.255 e. The number of carbonyl (C=O) groups is 1. The summed E-state index contributed by atoms with van der Waals surface area (Å²) in [5.41, 5.74) is 5.45. The van der Waals surface area contributed by atoms with Crippen molar-refractivity contribution in [1.82, 2.24) is 5.32 Å². The second kappa shape index (κ2) is 6.11. The molecular formula is C11H14ClN3O3. The van der Waals surface area contributed by atoms with Gasteiger partial charge < -0.3 is 21.4 Å². The van der Waals surface area contributed by atoms with Crippen LogP contribution < -0.4 is 11.1 Å². The van der Waals surface area contributed by atoms with Crippen LogP contribution in [-0.4, -0.2) is 28.6 Å². The van der Waals surface area contributed by atoms with Crippen molar-refractivity contribution in [3.63, 3.8) is 0 Å². The minimum absolute atomic E-state index is 0.0191. The van der Waals surface area contributed by atoms with Crippen LogP contribution in [0.4, 0.5) is 0 Å². The van der Waals surface area contributed by atoms with Gasteiger partial charge in [0.15, 0.2) is 0 Å². The average Bonchev–Trinajstić information content (AvgIpc) is 2.37. The molecule has 1 unspecified atom stereocenters. The van der Waals surface area contributed by atoms with Gasteiger partial charge in [-0.05, 0) is 18.2 Å². The van der Waals surface area contributed by atoms with Crippen LogP contribution in [0.1, 0.15) is 17.3 Å². The van der Waals surface area contributed by atoms with Gasteiger partial charge in [-0.2, -0.15) is 0 Å². The predicted molar refractivity (Wildman–Crippen MR) is 68.0 cm³/mol. The van der Waals surface area contributed by atoms with E-state index in [0.29, 0.717) is 5.02 Å². The van der Waals surface area contributed by atoms with Crippen LogP contribution in [-0.2, 0) is 0 Å². The van der Waals surface area contributed by atoms with Crippen LogP contribution in [0.2, 0.25) is 5.02 Å². The molecule has 1 aromatic rings. The van der Waals surface area contributed by atoms with E-state index in [1.165, 1.54) is 18.2 Å². The Morgan fingerprint density at radius 2 is 2.28 bits per heavy atom. The summed E-state index contributed by atoms with van der Waals surface area (Å²) in [5.74, 6) is -0.938. The molecule has 1 amide bonds. The summed E-state index contributed by atoms with van der Waals surface area (Å²) in [6, 6.07) is 4.18. The summed E-state index contributed by atoms with van der Waals surface area (Å²) < 4.78 is 0. The number of carbonyl (C=O) groups excluding carboxylic acids is 1.